The first-order valence-corrected chi connectivity index (χ1v) is 4.89. The van der Waals surface area contributed by atoms with Crippen molar-refractivity contribution in [3.63, 3.8) is 0 Å². The lowest BCUT2D eigenvalue weighted by molar-refractivity contribution is -0.111. The standard InChI is InChI=1S/C9H7BrClFO/c10-7-3-1-2-6(9(7)12)4-5-8(11)13/h1-3H,4-5H2. The topological polar surface area (TPSA) is 17.1 Å². The number of rotatable bonds is 3. The molecule has 0 saturated carbocycles. The highest BCUT2D eigenvalue weighted by Gasteiger charge is 2.06. The maximum atomic E-state index is 13.3. The van der Waals surface area contributed by atoms with Gasteiger partial charge in [0.05, 0.1) is 4.47 Å². The molecular formula is C9H7BrClFO. The molecule has 0 spiro atoms. The van der Waals surface area contributed by atoms with Crippen LogP contribution < -0.4 is 0 Å². The Labute approximate surface area is 89.0 Å². The molecule has 0 fully saturated rings. The third-order valence-electron chi connectivity index (χ3n) is 1.62. The number of benzene rings is 1. The highest BCUT2D eigenvalue weighted by molar-refractivity contribution is 9.10. The SMILES string of the molecule is O=C(Cl)CCc1cccc(Br)c1F. The lowest BCUT2D eigenvalue weighted by atomic mass is 10.1. The summed E-state index contributed by atoms with van der Waals surface area (Å²) in [6.07, 6.45) is 0.503. The second-order valence-electron chi connectivity index (χ2n) is 2.57. The van der Waals surface area contributed by atoms with Gasteiger partial charge in [0.15, 0.2) is 0 Å². The summed E-state index contributed by atoms with van der Waals surface area (Å²) in [6.45, 7) is 0. The van der Waals surface area contributed by atoms with Crippen molar-refractivity contribution in [3.8, 4) is 0 Å². The summed E-state index contributed by atoms with van der Waals surface area (Å²) in [7, 11) is 0. The molecule has 0 unspecified atom stereocenters. The van der Waals surface area contributed by atoms with E-state index in [-0.39, 0.29) is 12.2 Å². The van der Waals surface area contributed by atoms with E-state index in [4.69, 9.17) is 11.6 Å². The molecule has 0 radical (unpaired) electrons. The van der Waals surface area contributed by atoms with Crippen molar-refractivity contribution in [1.29, 1.82) is 0 Å². The minimum atomic E-state index is -0.445. The lowest BCUT2D eigenvalue weighted by Gasteiger charge is -2.01. The average molecular weight is 266 g/mol. The number of aryl methyl sites for hydroxylation is 1. The van der Waals surface area contributed by atoms with Gasteiger partial charge >= 0.3 is 0 Å². The van der Waals surface area contributed by atoms with E-state index in [1.165, 1.54) is 0 Å². The Morgan fingerprint density at radius 3 is 2.85 bits per heavy atom. The van der Waals surface area contributed by atoms with Crippen molar-refractivity contribution in [1.82, 2.24) is 0 Å². The van der Waals surface area contributed by atoms with Crippen LogP contribution in [0.15, 0.2) is 22.7 Å². The van der Waals surface area contributed by atoms with Crippen molar-refractivity contribution < 1.29 is 9.18 Å². The van der Waals surface area contributed by atoms with Gasteiger partial charge in [-0.05, 0) is 45.6 Å². The molecule has 0 aliphatic carbocycles. The molecule has 0 aliphatic rings. The Kier molecular flexibility index (Phi) is 3.88. The van der Waals surface area contributed by atoms with Gasteiger partial charge in [0.1, 0.15) is 5.82 Å². The summed E-state index contributed by atoms with van der Waals surface area (Å²) in [6, 6.07) is 4.97. The molecule has 0 aromatic heterocycles. The van der Waals surface area contributed by atoms with Crippen LogP contribution in [-0.2, 0) is 11.2 Å². The van der Waals surface area contributed by atoms with Gasteiger partial charge in [0, 0.05) is 6.42 Å². The van der Waals surface area contributed by atoms with E-state index in [1.54, 1.807) is 18.2 Å². The van der Waals surface area contributed by atoms with Crippen LogP contribution in [0, 0.1) is 5.82 Å². The molecule has 13 heavy (non-hydrogen) atoms. The smallest absolute Gasteiger partial charge is 0.221 e. The quantitative estimate of drug-likeness (QED) is 0.767. The summed E-state index contributed by atoms with van der Waals surface area (Å²) >= 11 is 8.21. The predicted molar refractivity (Wildman–Crippen MR) is 53.3 cm³/mol. The maximum absolute atomic E-state index is 13.3. The number of halogens is 3. The van der Waals surface area contributed by atoms with E-state index >= 15 is 0 Å². The van der Waals surface area contributed by atoms with Crippen LogP contribution in [0.5, 0.6) is 0 Å². The Balaban J connectivity index is 2.77. The van der Waals surface area contributed by atoms with E-state index in [0.29, 0.717) is 16.5 Å². The highest BCUT2D eigenvalue weighted by Crippen LogP contribution is 2.19. The first-order chi connectivity index (χ1) is 6.11. The average Bonchev–Trinajstić information content (AvgIpc) is 2.07. The molecule has 1 nitrogen and oxygen atoms in total. The highest BCUT2D eigenvalue weighted by atomic mass is 79.9. The molecule has 0 aliphatic heterocycles. The predicted octanol–water partition coefficient (Wildman–Crippen LogP) is 3.29. The second-order valence-corrected chi connectivity index (χ2v) is 3.84. The van der Waals surface area contributed by atoms with Crippen LogP contribution in [0.25, 0.3) is 0 Å². The summed E-state index contributed by atoms with van der Waals surface area (Å²) < 4.78 is 13.7. The first-order valence-electron chi connectivity index (χ1n) is 3.72. The Hall–Kier alpha value is -0.410. The van der Waals surface area contributed by atoms with E-state index in [1.807, 2.05) is 0 Å². The van der Waals surface area contributed by atoms with Gasteiger partial charge in [0.2, 0.25) is 5.24 Å². The molecule has 0 heterocycles. The van der Waals surface area contributed by atoms with Crippen LogP contribution in [0.2, 0.25) is 0 Å². The third-order valence-corrected chi connectivity index (χ3v) is 2.42. The summed E-state index contributed by atoms with van der Waals surface area (Å²) in [5.74, 6) is -0.319. The van der Waals surface area contributed by atoms with E-state index in [0.717, 1.165) is 0 Å². The third kappa shape index (κ3) is 3.08. The van der Waals surface area contributed by atoms with Crippen LogP contribution in [0.1, 0.15) is 12.0 Å². The molecule has 1 aromatic carbocycles. The number of hydrogen-bond acceptors (Lipinski definition) is 1. The molecule has 0 amide bonds. The second kappa shape index (κ2) is 4.72. The van der Waals surface area contributed by atoms with Gasteiger partial charge in [-0.25, -0.2) is 4.39 Å². The zero-order valence-corrected chi connectivity index (χ0v) is 9.03. The molecule has 0 atom stereocenters. The number of carbonyl (C=O) groups excluding carboxylic acids is 1. The fraction of sp³-hybridized carbons (Fsp3) is 0.222. The summed E-state index contributed by atoms with van der Waals surface area (Å²) in [5.41, 5.74) is 0.503. The van der Waals surface area contributed by atoms with Crippen LogP contribution >= 0.6 is 27.5 Å². The molecule has 1 rings (SSSR count). The normalized spacial score (nSPS) is 10.1. The summed E-state index contributed by atoms with van der Waals surface area (Å²) in [5, 5.41) is -0.445. The van der Waals surface area contributed by atoms with Crippen LogP contribution in [0.4, 0.5) is 4.39 Å². The fourth-order valence-corrected chi connectivity index (χ4v) is 1.48. The van der Waals surface area contributed by atoms with Crippen molar-refractivity contribution in [3.05, 3.63) is 34.1 Å². The van der Waals surface area contributed by atoms with Crippen molar-refractivity contribution in [2.45, 2.75) is 12.8 Å². The minimum absolute atomic E-state index is 0.162. The minimum Gasteiger partial charge on any atom is -0.281 e. The van der Waals surface area contributed by atoms with Crippen molar-refractivity contribution in [2.24, 2.45) is 0 Å². The van der Waals surface area contributed by atoms with E-state index in [2.05, 4.69) is 15.9 Å². The number of carbonyl (C=O) groups is 1. The molecule has 1 aromatic rings. The maximum Gasteiger partial charge on any atom is 0.221 e. The Bertz CT molecular complexity index is 327. The van der Waals surface area contributed by atoms with Crippen LogP contribution in [-0.4, -0.2) is 5.24 Å². The Morgan fingerprint density at radius 1 is 1.54 bits per heavy atom. The lowest BCUT2D eigenvalue weighted by Crippen LogP contribution is -1.95. The fourth-order valence-electron chi connectivity index (χ4n) is 0.974. The van der Waals surface area contributed by atoms with Gasteiger partial charge < -0.3 is 0 Å². The monoisotopic (exact) mass is 264 g/mol. The van der Waals surface area contributed by atoms with Crippen LogP contribution in [0.3, 0.4) is 0 Å². The van der Waals surface area contributed by atoms with Crippen molar-refractivity contribution >= 4 is 32.8 Å². The molecule has 0 N–H and O–H groups in total. The first kappa shape index (κ1) is 10.7. The van der Waals surface area contributed by atoms with Gasteiger partial charge in [0.25, 0.3) is 0 Å². The Morgan fingerprint density at radius 2 is 2.23 bits per heavy atom. The van der Waals surface area contributed by atoms with E-state index in [9.17, 15) is 9.18 Å². The van der Waals surface area contributed by atoms with Gasteiger partial charge in [-0.1, -0.05) is 12.1 Å². The molecule has 70 valence electrons. The largest absolute Gasteiger partial charge is 0.281 e. The van der Waals surface area contributed by atoms with Crippen molar-refractivity contribution in [2.75, 3.05) is 0 Å². The zero-order valence-electron chi connectivity index (χ0n) is 6.69. The molecule has 0 saturated heterocycles. The number of hydrogen-bond donors (Lipinski definition) is 0. The van der Waals surface area contributed by atoms with E-state index < -0.39 is 5.24 Å². The summed E-state index contributed by atoms with van der Waals surface area (Å²) in [4.78, 5) is 10.4. The molecule has 0 bridgehead atoms. The zero-order chi connectivity index (χ0) is 9.84. The van der Waals surface area contributed by atoms with Gasteiger partial charge in [-0.3, -0.25) is 4.79 Å². The van der Waals surface area contributed by atoms with Gasteiger partial charge in [-0.2, -0.15) is 0 Å². The molecule has 4 heteroatoms. The molecular weight excluding hydrogens is 258 g/mol. The van der Waals surface area contributed by atoms with Gasteiger partial charge in [-0.15, -0.1) is 0 Å².